The molecule has 2 rings (SSSR count). The summed E-state index contributed by atoms with van der Waals surface area (Å²) in [6, 6.07) is 0. The van der Waals surface area contributed by atoms with Gasteiger partial charge in [-0.2, -0.15) is 0 Å². The standard InChI is InChI=1S/C12H20N2O3/c15-8-12(3-1-2-4-12)7-14-11(17)9-5-10(16)13-6-9/h9,15H,1-8H2,(H,13,16)(H,14,17). The number of amides is 2. The van der Waals surface area contributed by atoms with Crippen LogP contribution in [0.3, 0.4) is 0 Å². The monoisotopic (exact) mass is 240 g/mol. The van der Waals surface area contributed by atoms with Crippen LogP contribution < -0.4 is 10.6 Å². The molecule has 1 unspecified atom stereocenters. The van der Waals surface area contributed by atoms with Crippen LogP contribution in [-0.2, 0) is 9.59 Å². The Bertz CT molecular complexity index is 311. The number of carbonyl (C=O) groups is 2. The van der Waals surface area contributed by atoms with E-state index in [0.717, 1.165) is 25.7 Å². The molecule has 96 valence electrons. The number of nitrogens with one attached hydrogen (secondary N) is 2. The van der Waals surface area contributed by atoms with Crippen molar-refractivity contribution < 1.29 is 14.7 Å². The lowest BCUT2D eigenvalue weighted by atomic mass is 9.87. The zero-order valence-electron chi connectivity index (χ0n) is 10.00. The second-order valence-electron chi connectivity index (χ2n) is 5.29. The topological polar surface area (TPSA) is 78.4 Å². The van der Waals surface area contributed by atoms with E-state index in [1.165, 1.54) is 0 Å². The highest BCUT2D eigenvalue weighted by atomic mass is 16.3. The molecule has 1 saturated carbocycles. The fourth-order valence-electron chi connectivity index (χ4n) is 2.73. The van der Waals surface area contributed by atoms with Gasteiger partial charge in [-0.15, -0.1) is 0 Å². The van der Waals surface area contributed by atoms with Crippen LogP contribution in [-0.4, -0.2) is 36.6 Å². The Labute approximate surface area is 101 Å². The van der Waals surface area contributed by atoms with E-state index in [2.05, 4.69) is 10.6 Å². The van der Waals surface area contributed by atoms with Gasteiger partial charge in [0.2, 0.25) is 11.8 Å². The zero-order valence-corrected chi connectivity index (χ0v) is 10.00. The van der Waals surface area contributed by atoms with Crippen molar-refractivity contribution >= 4 is 11.8 Å². The van der Waals surface area contributed by atoms with Crippen molar-refractivity contribution in [2.75, 3.05) is 19.7 Å². The molecule has 0 bridgehead atoms. The van der Waals surface area contributed by atoms with Gasteiger partial charge in [-0.05, 0) is 12.8 Å². The maximum atomic E-state index is 11.8. The van der Waals surface area contributed by atoms with Gasteiger partial charge in [0, 0.05) is 24.9 Å². The number of aliphatic hydroxyl groups excluding tert-OH is 1. The van der Waals surface area contributed by atoms with Crippen LogP contribution in [0.15, 0.2) is 0 Å². The van der Waals surface area contributed by atoms with E-state index in [9.17, 15) is 14.7 Å². The fraction of sp³-hybridized carbons (Fsp3) is 0.833. The third kappa shape index (κ3) is 2.77. The predicted octanol–water partition coefficient (Wildman–Crippen LogP) is -0.209. The maximum Gasteiger partial charge on any atom is 0.225 e. The van der Waals surface area contributed by atoms with Gasteiger partial charge in [0.15, 0.2) is 0 Å². The van der Waals surface area contributed by atoms with Gasteiger partial charge in [-0.25, -0.2) is 0 Å². The highest BCUT2D eigenvalue weighted by Crippen LogP contribution is 2.36. The van der Waals surface area contributed by atoms with E-state index >= 15 is 0 Å². The Kier molecular flexibility index (Phi) is 3.66. The Morgan fingerprint density at radius 3 is 2.71 bits per heavy atom. The van der Waals surface area contributed by atoms with E-state index in [1.54, 1.807) is 0 Å². The van der Waals surface area contributed by atoms with Gasteiger partial charge >= 0.3 is 0 Å². The summed E-state index contributed by atoms with van der Waals surface area (Å²) >= 11 is 0. The summed E-state index contributed by atoms with van der Waals surface area (Å²) in [6.45, 7) is 1.11. The van der Waals surface area contributed by atoms with Crippen molar-refractivity contribution in [3.8, 4) is 0 Å². The number of hydrogen-bond donors (Lipinski definition) is 3. The highest BCUT2D eigenvalue weighted by Gasteiger charge is 2.35. The summed E-state index contributed by atoms with van der Waals surface area (Å²) in [5.41, 5.74) is -0.119. The van der Waals surface area contributed by atoms with Gasteiger partial charge in [-0.3, -0.25) is 9.59 Å². The lowest BCUT2D eigenvalue weighted by Gasteiger charge is -2.27. The van der Waals surface area contributed by atoms with Gasteiger partial charge in [0.05, 0.1) is 12.5 Å². The third-order valence-corrected chi connectivity index (χ3v) is 3.99. The summed E-state index contributed by atoms with van der Waals surface area (Å²) in [5, 5.41) is 15.0. The van der Waals surface area contributed by atoms with E-state index in [4.69, 9.17) is 0 Å². The predicted molar refractivity (Wildman–Crippen MR) is 62.1 cm³/mol. The molecule has 0 radical (unpaired) electrons. The van der Waals surface area contributed by atoms with Gasteiger partial charge in [0.1, 0.15) is 0 Å². The quantitative estimate of drug-likeness (QED) is 0.636. The van der Waals surface area contributed by atoms with E-state index in [0.29, 0.717) is 13.1 Å². The Balaban J connectivity index is 1.81. The van der Waals surface area contributed by atoms with Crippen molar-refractivity contribution in [2.45, 2.75) is 32.1 Å². The molecule has 1 aliphatic carbocycles. The first-order valence-corrected chi connectivity index (χ1v) is 6.30. The molecule has 5 heteroatoms. The van der Waals surface area contributed by atoms with Crippen LogP contribution >= 0.6 is 0 Å². The second-order valence-corrected chi connectivity index (χ2v) is 5.29. The highest BCUT2D eigenvalue weighted by molar-refractivity contribution is 5.89. The second kappa shape index (κ2) is 5.04. The Morgan fingerprint density at radius 1 is 1.47 bits per heavy atom. The Hall–Kier alpha value is -1.10. The molecule has 1 atom stereocenters. The summed E-state index contributed by atoms with van der Waals surface area (Å²) in [6.07, 6.45) is 4.50. The minimum absolute atomic E-state index is 0.0529. The van der Waals surface area contributed by atoms with E-state index in [1.807, 2.05) is 0 Å². The molecular weight excluding hydrogens is 220 g/mol. The van der Waals surface area contributed by atoms with Gasteiger partial charge in [0.25, 0.3) is 0 Å². The lowest BCUT2D eigenvalue weighted by Crippen LogP contribution is -2.41. The zero-order chi connectivity index (χ0) is 12.3. The summed E-state index contributed by atoms with van der Waals surface area (Å²) in [5.74, 6) is -0.356. The first-order valence-electron chi connectivity index (χ1n) is 6.30. The van der Waals surface area contributed by atoms with Crippen molar-refractivity contribution in [3.05, 3.63) is 0 Å². The normalized spacial score (nSPS) is 26.9. The van der Waals surface area contributed by atoms with E-state index < -0.39 is 0 Å². The molecule has 2 amide bonds. The lowest BCUT2D eigenvalue weighted by molar-refractivity contribution is -0.127. The SMILES string of the molecule is O=C1CC(C(=O)NCC2(CO)CCCC2)CN1. The molecule has 0 spiro atoms. The van der Waals surface area contributed by atoms with Crippen molar-refractivity contribution in [3.63, 3.8) is 0 Å². The van der Waals surface area contributed by atoms with Crippen molar-refractivity contribution in [1.82, 2.24) is 10.6 Å². The average Bonchev–Trinajstić information content (AvgIpc) is 2.95. The van der Waals surface area contributed by atoms with Crippen LogP contribution in [0, 0.1) is 11.3 Å². The van der Waals surface area contributed by atoms with Crippen LogP contribution in [0.4, 0.5) is 0 Å². The summed E-state index contributed by atoms with van der Waals surface area (Å²) in [7, 11) is 0. The smallest absolute Gasteiger partial charge is 0.225 e. The molecule has 0 aromatic carbocycles. The number of carbonyl (C=O) groups excluding carboxylic acids is 2. The maximum absolute atomic E-state index is 11.8. The molecule has 1 aliphatic heterocycles. The molecule has 3 N–H and O–H groups in total. The van der Waals surface area contributed by atoms with Crippen LogP contribution in [0.25, 0.3) is 0 Å². The molecule has 0 aromatic rings. The molecule has 1 saturated heterocycles. The number of hydrogen-bond acceptors (Lipinski definition) is 3. The minimum atomic E-state index is -0.236. The number of rotatable bonds is 4. The molecular formula is C12H20N2O3. The molecule has 1 heterocycles. The van der Waals surface area contributed by atoms with Gasteiger partial charge in [-0.1, -0.05) is 12.8 Å². The average molecular weight is 240 g/mol. The van der Waals surface area contributed by atoms with Crippen molar-refractivity contribution in [2.24, 2.45) is 11.3 Å². The van der Waals surface area contributed by atoms with Gasteiger partial charge < -0.3 is 15.7 Å². The minimum Gasteiger partial charge on any atom is -0.396 e. The van der Waals surface area contributed by atoms with Crippen LogP contribution in [0.1, 0.15) is 32.1 Å². The molecule has 2 fully saturated rings. The number of aliphatic hydroxyl groups is 1. The first-order chi connectivity index (χ1) is 8.15. The fourth-order valence-corrected chi connectivity index (χ4v) is 2.73. The molecule has 0 aromatic heterocycles. The molecule has 17 heavy (non-hydrogen) atoms. The largest absolute Gasteiger partial charge is 0.396 e. The molecule has 2 aliphatic rings. The van der Waals surface area contributed by atoms with Crippen molar-refractivity contribution in [1.29, 1.82) is 0 Å². The summed E-state index contributed by atoms with van der Waals surface area (Å²) in [4.78, 5) is 22.8. The van der Waals surface area contributed by atoms with Crippen LogP contribution in [0.2, 0.25) is 0 Å². The first kappa shape index (κ1) is 12.4. The molecule has 5 nitrogen and oxygen atoms in total. The van der Waals surface area contributed by atoms with E-state index in [-0.39, 0.29) is 36.2 Å². The Morgan fingerprint density at radius 2 is 2.18 bits per heavy atom. The summed E-state index contributed by atoms with van der Waals surface area (Å²) < 4.78 is 0. The van der Waals surface area contributed by atoms with Crippen LogP contribution in [0.5, 0.6) is 0 Å². The third-order valence-electron chi connectivity index (χ3n) is 3.99.